The predicted molar refractivity (Wildman–Crippen MR) is 127 cm³/mol. The van der Waals surface area contributed by atoms with Gasteiger partial charge in [-0.15, -0.1) is 6.58 Å². The Morgan fingerprint density at radius 3 is 2.13 bits per heavy atom. The second-order valence-electron chi connectivity index (χ2n) is 9.30. The minimum Gasteiger partial charge on any atom is -0.444 e. The topological polar surface area (TPSA) is 58.6 Å². The van der Waals surface area contributed by atoms with Crippen LogP contribution in [0.15, 0.2) is 73.3 Å². The third kappa shape index (κ3) is 5.83. The molecule has 2 rings (SSSR count). The van der Waals surface area contributed by atoms with E-state index in [0.717, 1.165) is 10.8 Å². The van der Waals surface area contributed by atoms with Crippen LogP contribution >= 0.6 is 0 Å². The molecule has 0 radical (unpaired) electrons. The van der Waals surface area contributed by atoms with Crippen molar-refractivity contribution < 1.29 is 14.6 Å². The van der Waals surface area contributed by atoms with E-state index in [2.05, 4.69) is 37.1 Å². The van der Waals surface area contributed by atoms with E-state index in [0.29, 0.717) is 12.8 Å². The van der Waals surface area contributed by atoms with Gasteiger partial charge in [-0.25, -0.2) is 4.79 Å². The summed E-state index contributed by atoms with van der Waals surface area (Å²) in [6.07, 6.45) is 2.08. The third-order valence-corrected chi connectivity index (χ3v) is 10.1. The summed E-state index contributed by atoms with van der Waals surface area (Å²) in [5.74, 6) is 0. The lowest BCUT2D eigenvalue weighted by Gasteiger charge is -2.46. The van der Waals surface area contributed by atoms with Gasteiger partial charge in [0.05, 0.1) is 11.3 Å². The molecule has 4 nitrogen and oxygen atoms in total. The number of rotatable bonds is 8. The smallest absolute Gasteiger partial charge is 0.407 e. The molecular formula is C25H35NO3Si. The maximum Gasteiger partial charge on any atom is 0.407 e. The van der Waals surface area contributed by atoms with Gasteiger partial charge in [0.2, 0.25) is 0 Å². The summed E-state index contributed by atoms with van der Waals surface area (Å²) in [6.45, 7) is 13.7. The van der Waals surface area contributed by atoms with E-state index in [1.165, 1.54) is 0 Å². The zero-order valence-electron chi connectivity index (χ0n) is 18.8. The molecule has 0 fully saturated rings. The van der Waals surface area contributed by atoms with Gasteiger partial charge in [-0.2, -0.15) is 0 Å². The molecule has 2 atom stereocenters. The number of benzene rings is 2. The molecule has 0 spiro atoms. The van der Waals surface area contributed by atoms with Gasteiger partial charge in [0.15, 0.2) is 0 Å². The number of carbonyl (C=O) groups is 1. The molecule has 2 N–H and O–H groups in total. The lowest BCUT2D eigenvalue weighted by molar-refractivity contribution is 0.0327. The van der Waals surface area contributed by atoms with E-state index in [1.807, 2.05) is 69.3 Å². The Balaban J connectivity index is 2.49. The highest BCUT2D eigenvalue weighted by Crippen LogP contribution is 2.31. The first kappa shape index (κ1) is 23.9. The molecule has 0 unspecified atom stereocenters. The van der Waals surface area contributed by atoms with Crippen LogP contribution in [0.1, 0.15) is 32.8 Å². The van der Waals surface area contributed by atoms with Crippen molar-refractivity contribution in [2.45, 2.75) is 63.6 Å². The molecule has 0 heterocycles. The van der Waals surface area contributed by atoms with Crippen LogP contribution in [0.3, 0.4) is 0 Å². The van der Waals surface area contributed by atoms with E-state index >= 15 is 0 Å². The average Bonchev–Trinajstić information content (AvgIpc) is 2.67. The van der Waals surface area contributed by atoms with E-state index in [4.69, 9.17) is 4.74 Å². The van der Waals surface area contributed by atoms with Crippen molar-refractivity contribution in [3.05, 3.63) is 78.9 Å². The number of hydrogen-bond donors (Lipinski definition) is 2. The van der Waals surface area contributed by atoms with Crippen molar-refractivity contribution in [2.24, 2.45) is 0 Å². The van der Waals surface area contributed by atoms with E-state index in [-0.39, 0.29) is 0 Å². The van der Waals surface area contributed by atoms with Crippen LogP contribution in [0, 0.1) is 0 Å². The molecule has 0 bridgehead atoms. The molecular weight excluding hydrogens is 390 g/mol. The molecule has 5 heteroatoms. The molecule has 2 aromatic rings. The highest BCUT2D eigenvalue weighted by molar-refractivity contribution is 6.92. The lowest BCUT2D eigenvalue weighted by Crippen LogP contribution is -2.71. The molecule has 0 saturated carbocycles. The Kier molecular flexibility index (Phi) is 7.67. The van der Waals surface area contributed by atoms with Crippen molar-refractivity contribution >= 4 is 19.4 Å². The largest absolute Gasteiger partial charge is 0.444 e. The standard InChI is InChI=1S/C25H35NO3Si/c1-7-18-25(28,30(5,6)21-16-12-9-13-17-21)22(19-20-14-10-8-11-15-20)26-23(27)29-24(2,3)4/h7-17,22,28H,1,18-19H2,2-6H3,(H,26,27)/t22-,25+/m0/s1. The van der Waals surface area contributed by atoms with E-state index in [9.17, 15) is 9.90 Å². The highest BCUT2D eigenvalue weighted by atomic mass is 28.3. The van der Waals surface area contributed by atoms with Crippen LogP contribution < -0.4 is 10.5 Å². The van der Waals surface area contributed by atoms with Crippen LogP contribution in [0.4, 0.5) is 4.79 Å². The molecule has 30 heavy (non-hydrogen) atoms. The number of nitrogens with one attached hydrogen (secondary N) is 1. The fourth-order valence-corrected chi connectivity index (χ4v) is 7.02. The summed E-state index contributed by atoms with van der Waals surface area (Å²) in [6, 6.07) is 19.5. The molecule has 0 aliphatic carbocycles. The fraction of sp³-hybridized carbons (Fsp3) is 0.400. The summed E-state index contributed by atoms with van der Waals surface area (Å²) < 4.78 is 5.53. The molecule has 1 amide bonds. The van der Waals surface area contributed by atoms with Crippen molar-refractivity contribution in [2.75, 3.05) is 0 Å². The molecule has 162 valence electrons. The maximum absolute atomic E-state index is 12.7. The Bertz CT molecular complexity index is 830. The van der Waals surface area contributed by atoms with Crippen molar-refractivity contribution in [1.82, 2.24) is 5.32 Å². The van der Waals surface area contributed by atoms with Crippen LogP contribution in [0.5, 0.6) is 0 Å². The monoisotopic (exact) mass is 425 g/mol. The summed E-state index contributed by atoms with van der Waals surface area (Å²) in [4.78, 5) is 12.7. The minimum absolute atomic E-state index is 0.369. The maximum atomic E-state index is 12.7. The first-order valence-electron chi connectivity index (χ1n) is 10.4. The van der Waals surface area contributed by atoms with Gasteiger partial charge >= 0.3 is 6.09 Å². The molecule has 2 aromatic carbocycles. The Labute approximate surface area is 182 Å². The fourth-order valence-electron chi connectivity index (χ4n) is 3.80. The number of aliphatic hydroxyl groups is 1. The predicted octanol–water partition coefficient (Wildman–Crippen LogP) is 4.58. The number of carbonyl (C=O) groups excluding carboxylic acids is 1. The zero-order valence-corrected chi connectivity index (χ0v) is 19.8. The molecule has 0 aliphatic rings. The average molecular weight is 426 g/mol. The van der Waals surface area contributed by atoms with Gasteiger partial charge in [-0.3, -0.25) is 0 Å². The van der Waals surface area contributed by atoms with E-state index < -0.39 is 31.0 Å². The highest BCUT2D eigenvalue weighted by Gasteiger charge is 2.51. The van der Waals surface area contributed by atoms with Crippen molar-refractivity contribution in [3.8, 4) is 0 Å². The van der Waals surface area contributed by atoms with Gasteiger partial charge in [-0.1, -0.05) is 85.0 Å². The van der Waals surface area contributed by atoms with Crippen molar-refractivity contribution in [3.63, 3.8) is 0 Å². The number of hydrogen-bond acceptors (Lipinski definition) is 3. The lowest BCUT2D eigenvalue weighted by atomic mass is 9.98. The molecule has 0 aliphatic heterocycles. The minimum atomic E-state index is -2.48. The number of amides is 1. The summed E-state index contributed by atoms with van der Waals surface area (Å²) >= 11 is 0. The van der Waals surface area contributed by atoms with Crippen LogP contribution in [-0.2, 0) is 11.2 Å². The summed E-state index contributed by atoms with van der Waals surface area (Å²) in [5, 5.41) is 15.1. The van der Waals surface area contributed by atoms with Gasteiger partial charge in [0.25, 0.3) is 0 Å². The van der Waals surface area contributed by atoms with Gasteiger partial charge in [0, 0.05) is 0 Å². The van der Waals surface area contributed by atoms with E-state index in [1.54, 1.807) is 6.08 Å². The first-order chi connectivity index (χ1) is 14.0. The molecule has 0 saturated heterocycles. The Morgan fingerprint density at radius 2 is 1.63 bits per heavy atom. The second kappa shape index (κ2) is 9.62. The van der Waals surface area contributed by atoms with Crippen LogP contribution in [0.25, 0.3) is 0 Å². The zero-order chi connectivity index (χ0) is 22.4. The number of alkyl carbamates (subject to hydrolysis) is 1. The van der Waals surface area contributed by atoms with Gasteiger partial charge in [-0.05, 0) is 39.2 Å². The van der Waals surface area contributed by atoms with Gasteiger partial charge in [0.1, 0.15) is 13.7 Å². The first-order valence-corrected chi connectivity index (χ1v) is 13.4. The number of ether oxygens (including phenoxy) is 1. The normalized spacial score (nSPS) is 15.0. The Hall–Kier alpha value is -2.37. The van der Waals surface area contributed by atoms with Gasteiger partial charge < -0.3 is 15.2 Å². The van der Waals surface area contributed by atoms with Crippen LogP contribution in [-0.4, -0.2) is 36.1 Å². The molecule has 0 aromatic heterocycles. The second-order valence-corrected chi connectivity index (χ2v) is 14.0. The third-order valence-electron chi connectivity index (χ3n) is 5.58. The quantitative estimate of drug-likeness (QED) is 0.481. The van der Waals surface area contributed by atoms with Crippen molar-refractivity contribution in [1.29, 1.82) is 0 Å². The van der Waals surface area contributed by atoms with Crippen LogP contribution in [0.2, 0.25) is 13.1 Å². The summed E-state index contributed by atoms with van der Waals surface area (Å²) in [7, 11) is -2.48. The Morgan fingerprint density at radius 1 is 1.10 bits per heavy atom. The SMILES string of the molecule is C=CC[C@](O)([C@H](Cc1ccccc1)NC(=O)OC(C)(C)C)[Si](C)(C)c1ccccc1. The summed E-state index contributed by atoms with van der Waals surface area (Å²) in [5.41, 5.74) is 0.420.